The molecule has 1 N–H and O–H groups in total. The highest BCUT2D eigenvalue weighted by atomic mass is 35.5. The second-order valence-corrected chi connectivity index (χ2v) is 6.59. The van der Waals surface area contributed by atoms with Crippen molar-refractivity contribution in [2.24, 2.45) is 0 Å². The summed E-state index contributed by atoms with van der Waals surface area (Å²) in [5, 5.41) is 3.27. The summed E-state index contributed by atoms with van der Waals surface area (Å²) in [5.74, 6) is 0.310. The molecule has 0 aliphatic heterocycles. The number of carbonyl (C=O) groups excluding carboxylic acids is 1. The molecule has 0 fully saturated rings. The van der Waals surface area contributed by atoms with Crippen LogP contribution in [0.3, 0.4) is 0 Å². The molecule has 0 saturated heterocycles. The predicted molar refractivity (Wildman–Crippen MR) is 108 cm³/mol. The van der Waals surface area contributed by atoms with Crippen molar-refractivity contribution in [1.29, 1.82) is 0 Å². The molecule has 1 aromatic heterocycles. The summed E-state index contributed by atoms with van der Waals surface area (Å²) in [4.78, 5) is 16.9. The lowest BCUT2D eigenvalue weighted by Crippen LogP contribution is -2.12. The molecule has 0 saturated carbocycles. The van der Waals surface area contributed by atoms with Crippen LogP contribution >= 0.6 is 11.6 Å². The van der Waals surface area contributed by atoms with Gasteiger partial charge in [-0.25, -0.2) is 4.98 Å². The highest BCUT2D eigenvalue weighted by Crippen LogP contribution is 2.26. The number of nitrogens with zero attached hydrogens (tertiary/aromatic N) is 1. The lowest BCUT2D eigenvalue weighted by molar-refractivity contribution is 0.102. The van der Waals surface area contributed by atoms with Gasteiger partial charge in [0.05, 0.1) is 10.6 Å². The molecule has 3 aromatic carbocycles. The topological polar surface area (TPSA) is 55.1 Å². The zero-order valence-corrected chi connectivity index (χ0v) is 15.5. The largest absolute Gasteiger partial charge is 0.436 e. The first-order chi connectivity index (χ1) is 13.1. The molecule has 4 rings (SSSR count). The van der Waals surface area contributed by atoms with Crippen LogP contribution in [0, 0.1) is 0 Å². The van der Waals surface area contributed by atoms with Gasteiger partial charge in [0, 0.05) is 11.3 Å². The van der Waals surface area contributed by atoms with Crippen LogP contribution in [0.15, 0.2) is 71.1 Å². The Morgan fingerprint density at radius 1 is 1.07 bits per heavy atom. The van der Waals surface area contributed by atoms with Crippen molar-refractivity contribution in [3.8, 4) is 11.5 Å². The lowest BCUT2D eigenvalue weighted by atomic mass is 10.1. The van der Waals surface area contributed by atoms with Crippen molar-refractivity contribution in [2.75, 3.05) is 5.32 Å². The molecule has 0 bridgehead atoms. The van der Waals surface area contributed by atoms with Gasteiger partial charge in [0.1, 0.15) is 5.52 Å². The van der Waals surface area contributed by atoms with E-state index in [4.69, 9.17) is 16.0 Å². The van der Waals surface area contributed by atoms with Crippen molar-refractivity contribution >= 4 is 34.3 Å². The van der Waals surface area contributed by atoms with Crippen LogP contribution in [0.5, 0.6) is 0 Å². The molecule has 1 heterocycles. The van der Waals surface area contributed by atoms with E-state index < -0.39 is 0 Å². The number of fused-ring (bicyclic) bond motifs is 1. The lowest BCUT2D eigenvalue weighted by Gasteiger charge is -2.07. The van der Waals surface area contributed by atoms with Gasteiger partial charge >= 0.3 is 0 Å². The molecule has 5 heteroatoms. The van der Waals surface area contributed by atoms with Gasteiger partial charge in [0.15, 0.2) is 5.58 Å². The second-order valence-electron chi connectivity index (χ2n) is 6.19. The quantitative estimate of drug-likeness (QED) is 0.478. The van der Waals surface area contributed by atoms with Gasteiger partial charge in [-0.2, -0.15) is 0 Å². The minimum absolute atomic E-state index is 0.248. The number of hydrogen-bond acceptors (Lipinski definition) is 3. The first-order valence-corrected chi connectivity index (χ1v) is 9.07. The van der Waals surface area contributed by atoms with Gasteiger partial charge in [-0.3, -0.25) is 4.79 Å². The normalized spacial score (nSPS) is 10.9. The average Bonchev–Trinajstić information content (AvgIpc) is 3.12. The van der Waals surface area contributed by atoms with Crippen molar-refractivity contribution < 1.29 is 9.21 Å². The molecule has 134 valence electrons. The first kappa shape index (κ1) is 17.3. The van der Waals surface area contributed by atoms with Crippen LogP contribution in [0.1, 0.15) is 22.8 Å². The highest BCUT2D eigenvalue weighted by molar-refractivity contribution is 6.34. The van der Waals surface area contributed by atoms with E-state index in [2.05, 4.69) is 17.2 Å². The van der Waals surface area contributed by atoms with Crippen LogP contribution < -0.4 is 5.32 Å². The van der Waals surface area contributed by atoms with E-state index in [1.165, 1.54) is 5.56 Å². The van der Waals surface area contributed by atoms with Crippen molar-refractivity contribution in [3.63, 3.8) is 0 Å². The SMILES string of the molecule is CCc1ccc2oc(-c3ccc(NC(=O)c4ccccc4Cl)cc3)nc2c1. The van der Waals surface area contributed by atoms with Gasteiger partial charge in [0.25, 0.3) is 5.91 Å². The fourth-order valence-electron chi connectivity index (χ4n) is 2.86. The number of hydrogen-bond donors (Lipinski definition) is 1. The van der Waals surface area contributed by atoms with E-state index in [0.29, 0.717) is 22.2 Å². The number of rotatable bonds is 4. The number of benzene rings is 3. The van der Waals surface area contributed by atoms with E-state index in [1.807, 2.05) is 42.5 Å². The van der Waals surface area contributed by atoms with Crippen molar-refractivity contribution in [3.05, 3.63) is 82.9 Å². The van der Waals surface area contributed by atoms with Gasteiger partial charge in [-0.1, -0.05) is 36.7 Å². The first-order valence-electron chi connectivity index (χ1n) is 8.70. The third kappa shape index (κ3) is 3.57. The Morgan fingerprint density at radius 2 is 1.85 bits per heavy atom. The fourth-order valence-corrected chi connectivity index (χ4v) is 3.08. The molecule has 27 heavy (non-hydrogen) atoms. The summed E-state index contributed by atoms with van der Waals surface area (Å²) >= 11 is 6.07. The van der Waals surface area contributed by atoms with Crippen molar-refractivity contribution in [1.82, 2.24) is 4.98 Å². The van der Waals surface area contributed by atoms with Crippen LogP contribution in [0.25, 0.3) is 22.6 Å². The molecule has 0 aliphatic carbocycles. The molecule has 0 radical (unpaired) electrons. The van der Waals surface area contributed by atoms with E-state index in [-0.39, 0.29) is 5.91 Å². The molecule has 0 spiro atoms. The monoisotopic (exact) mass is 376 g/mol. The van der Waals surface area contributed by atoms with E-state index in [9.17, 15) is 4.79 Å². The van der Waals surface area contributed by atoms with Gasteiger partial charge in [-0.15, -0.1) is 0 Å². The van der Waals surface area contributed by atoms with E-state index in [1.54, 1.807) is 24.3 Å². The highest BCUT2D eigenvalue weighted by Gasteiger charge is 2.11. The van der Waals surface area contributed by atoms with Gasteiger partial charge in [0.2, 0.25) is 5.89 Å². The van der Waals surface area contributed by atoms with Gasteiger partial charge < -0.3 is 9.73 Å². The zero-order valence-electron chi connectivity index (χ0n) is 14.7. The third-order valence-corrected chi connectivity index (χ3v) is 4.70. The van der Waals surface area contributed by atoms with Crippen LogP contribution in [-0.2, 0) is 6.42 Å². The maximum absolute atomic E-state index is 12.3. The molecule has 0 atom stereocenters. The minimum Gasteiger partial charge on any atom is -0.436 e. The van der Waals surface area contributed by atoms with E-state index >= 15 is 0 Å². The van der Waals surface area contributed by atoms with Gasteiger partial charge in [-0.05, 0) is 60.5 Å². The summed E-state index contributed by atoms with van der Waals surface area (Å²) in [5.41, 5.74) is 4.79. The molecule has 1 amide bonds. The van der Waals surface area contributed by atoms with Crippen LogP contribution in [0.2, 0.25) is 5.02 Å². The molecule has 0 aliphatic rings. The molecular formula is C22H17ClN2O2. The number of aromatic nitrogens is 1. The number of oxazole rings is 1. The maximum atomic E-state index is 12.3. The maximum Gasteiger partial charge on any atom is 0.257 e. The van der Waals surface area contributed by atoms with Crippen LogP contribution in [-0.4, -0.2) is 10.9 Å². The summed E-state index contributed by atoms with van der Waals surface area (Å²) in [6, 6.07) is 20.4. The third-order valence-electron chi connectivity index (χ3n) is 4.37. The van der Waals surface area contributed by atoms with Crippen LogP contribution in [0.4, 0.5) is 5.69 Å². The summed E-state index contributed by atoms with van der Waals surface area (Å²) in [6.07, 6.45) is 0.956. The molecule has 4 aromatic rings. The standard InChI is InChI=1S/C22H17ClN2O2/c1-2-14-7-12-20-19(13-14)25-22(27-20)15-8-10-16(11-9-15)24-21(26)17-5-3-4-6-18(17)23/h3-13H,2H2,1H3,(H,24,26). The second kappa shape index (κ2) is 7.25. The fraction of sp³-hybridized carbons (Fsp3) is 0.0909. The summed E-state index contributed by atoms with van der Waals surface area (Å²) < 4.78 is 5.84. The zero-order chi connectivity index (χ0) is 18.8. The number of nitrogens with one attached hydrogen (secondary N) is 1. The van der Waals surface area contributed by atoms with Crippen molar-refractivity contribution in [2.45, 2.75) is 13.3 Å². The Labute approximate surface area is 161 Å². The number of aryl methyl sites for hydroxylation is 1. The average molecular weight is 377 g/mol. The summed E-state index contributed by atoms with van der Waals surface area (Å²) in [6.45, 7) is 2.11. The molecular weight excluding hydrogens is 360 g/mol. The predicted octanol–water partition coefficient (Wildman–Crippen LogP) is 5.96. The Kier molecular flexibility index (Phi) is 4.65. The Balaban J connectivity index is 1.55. The molecule has 0 unspecified atom stereocenters. The number of halogens is 1. The number of carbonyl (C=O) groups is 1. The van der Waals surface area contributed by atoms with E-state index in [0.717, 1.165) is 23.1 Å². The number of amides is 1. The Hall–Kier alpha value is -3.11. The minimum atomic E-state index is -0.248. The Morgan fingerprint density at radius 3 is 2.59 bits per heavy atom. The molecule has 4 nitrogen and oxygen atoms in total. The Bertz CT molecular complexity index is 1120. The summed E-state index contributed by atoms with van der Waals surface area (Å²) in [7, 11) is 0. The smallest absolute Gasteiger partial charge is 0.257 e. The number of anilines is 1.